The van der Waals surface area contributed by atoms with E-state index in [1.807, 2.05) is 0 Å². The van der Waals surface area contributed by atoms with Crippen LogP contribution in [0, 0.1) is 0 Å². The molecule has 5 nitrogen and oxygen atoms in total. The number of aromatic carboxylic acids is 1. The highest BCUT2D eigenvalue weighted by Crippen LogP contribution is 2.33. The number of benzene rings is 1. The van der Waals surface area contributed by atoms with Gasteiger partial charge in [0.1, 0.15) is 5.56 Å². The average molecular weight is 212 g/mol. The van der Waals surface area contributed by atoms with Crippen LogP contribution in [0.2, 0.25) is 0 Å². The fraction of sp³-hybridized carbons (Fsp3) is 0.300. The van der Waals surface area contributed by atoms with Crippen LogP contribution in [0.4, 0.5) is 0 Å². The fourth-order valence-electron chi connectivity index (χ4n) is 1.33. The summed E-state index contributed by atoms with van der Waals surface area (Å²) in [6.45, 7) is -0.359. The molecular weight excluding hydrogens is 200 g/mol. The molecule has 0 fully saturated rings. The first-order valence-electron chi connectivity index (χ1n) is 4.23. The Kier molecular flexibility index (Phi) is 3.51. The van der Waals surface area contributed by atoms with Gasteiger partial charge in [0, 0.05) is 0 Å². The minimum absolute atomic E-state index is 0.0700. The summed E-state index contributed by atoms with van der Waals surface area (Å²) < 4.78 is 9.91. The highest BCUT2D eigenvalue weighted by molar-refractivity contribution is 5.93. The third kappa shape index (κ3) is 2.02. The topological polar surface area (TPSA) is 76.0 Å². The molecule has 0 aliphatic rings. The summed E-state index contributed by atoms with van der Waals surface area (Å²) in [5.74, 6) is -0.710. The van der Waals surface area contributed by atoms with Crippen LogP contribution in [-0.4, -0.2) is 30.4 Å². The summed E-state index contributed by atoms with van der Waals surface area (Å²) in [5, 5.41) is 18.0. The number of hydrogen-bond acceptors (Lipinski definition) is 4. The second-order valence-electron chi connectivity index (χ2n) is 2.80. The van der Waals surface area contributed by atoms with E-state index in [0.29, 0.717) is 11.3 Å². The van der Waals surface area contributed by atoms with E-state index in [1.165, 1.54) is 20.3 Å². The van der Waals surface area contributed by atoms with Gasteiger partial charge in [0.2, 0.25) is 0 Å². The first-order chi connectivity index (χ1) is 7.15. The van der Waals surface area contributed by atoms with Gasteiger partial charge < -0.3 is 19.7 Å². The molecule has 1 aromatic carbocycles. The van der Waals surface area contributed by atoms with Gasteiger partial charge in [-0.3, -0.25) is 0 Å². The molecule has 1 aromatic rings. The average Bonchev–Trinajstić information content (AvgIpc) is 2.26. The smallest absolute Gasteiger partial charge is 0.340 e. The van der Waals surface area contributed by atoms with Gasteiger partial charge in [-0.05, 0) is 11.6 Å². The molecule has 82 valence electrons. The minimum Gasteiger partial charge on any atom is -0.493 e. The van der Waals surface area contributed by atoms with Crippen molar-refractivity contribution >= 4 is 5.97 Å². The number of hydrogen-bond donors (Lipinski definition) is 2. The summed E-state index contributed by atoms with van der Waals surface area (Å²) in [7, 11) is 2.77. The van der Waals surface area contributed by atoms with Crippen LogP contribution in [0.25, 0.3) is 0 Å². The number of aliphatic hydroxyl groups excluding tert-OH is 1. The van der Waals surface area contributed by atoms with E-state index in [9.17, 15) is 4.79 Å². The van der Waals surface area contributed by atoms with E-state index in [4.69, 9.17) is 19.7 Å². The van der Waals surface area contributed by atoms with Crippen molar-refractivity contribution in [2.75, 3.05) is 14.2 Å². The SMILES string of the molecule is COc1ccc(CO)c(C(=O)O)c1OC. The molecule has 0 saturated carbocycles. The molecule has 0 bridgehead atoms. The third-order valence-electron chi connectivity index (χ3n) is 2.02. The Hall–Kier alpha value is -1.75. The highest BCUT2D eigenvalue weighted by atomic mass is 16.5. The van der Waals surface area contributed by atoms with Crippen molar-refractivity contribution in [3.8, 4) is 11.5 Å². The quantitative estimate of drug-likeness (QED) is 0.775. The minimum atomic E-state index is -1.16. The maximum absolute atomic E-state index is 11.0. The first-order valence-corrected chi connectivity index (χ1v) is 4.23. The number of rotatable bonds is 4. The van der Waals surface area contributed by atoms with Crippen molar-refractivity contribution in [2.45, 2.75) is 6.61 Å². The van der Waals surface area contributed by atoms with E-state index in [1.54, 1.807) is 6.07 Å². The zero-order valence-electron chi connectivity index (χ0n) is 8.48. The van der Waals surface area contributed by atoms with Gasteiger partial charge in [-0.2, -0.15) is 0 Å². The molecule has 5 heteroatoms. The van der Waals surface area contributed by atoms with Crippen LogP contribution in [-0.2, 0) is 6.61 Å². The number of carboxylic acids is 1. The van der Waals surface area contributed by atoms with Crippen LogP contribution in [0.15, 0.2) is 12.1 Å². The number of ether oxygens (including phenoxy) is 2. The van der Waals surface area contributed by atoms with Gasteiger partial charge in [0.05, 0.1) is 20.8 Å². The van der Waals surface area contributed by atoms with E-state index >= 15 is 0 Å². The van der Waals surface area contributed by atoms with E-state index in [0.717, 1.165) is 0 Å². The van der Waals surface area contributed by atoms with Gasteiger partial charge in [-0.15, -0.1) is 0 Å². The van der Waals surface area contributed by atoms with E-state index < -0.39 is 5.97 Å². The van der Waals surface area contributed by atoms with Crippen molar-refractivity contribution in [1.82, 2.24) is 0 Å². The predicted molar refractivity (Wildman–Crippen MR) is 52.4 cm³/mol. The molecule has 0 atom stereocenters. The lowest BCUT2D eigenvalue weighted by atomic mass is 10.1. The molecule has 1 rings (SSSR count). The van der Waals surface area contributed by atoms with Crippen molar-refractivity contribution in [3.63, 3.8) is 0 Å². The normalized spacial score (nSPS) is 9.80. The van der Waals surface area contributed by atoms with Gasteiger partial charge in [0.25, 0.3) is 0 Å². The maximum Gasteiger partial charge on any atom is 0.340 e. The maximum atomic E-state index is 11.0. The Morgan fingerprint density at radius 2 is 2.00 bits per heavy atom. The van der Waals surface area contributed by atoms with Gasteiger partial charge in [-0.25, -0.2) is 4.79 Å². The lowest BCUT2D eigenvalue weighted by Crippen LogP contribution is -2.07. The summed E-state index contributed by atoms with van der Waals surface area (Å²) >= 11 is 0. The fourth-order valence-corrected chi connectivity index (χ4v) is 1.33. The Bertz CT molecular complexity index is 372. The first kappa shape index (κ1) is 11.3. The molecular formula is C10H12O5. The van der Waals surface area contributed by atoms with Crippen molar-refractivity contribution in [2.24, 2.45) is 0 Å². The predicted octanol–water partition coefficient (Wildman–Crippen LogP) is 0.894. The molecule has 0 aromatic heterocycles. The Morgan fingerprint density at radius 1 is 1.33 bits per heavy atom. The number of methoxy groups -OCH3 is 2. The zero-order valence-corrected chi connectivity index (χ0v) is 8.48. The standard InChI is InChI=1S/C10H12O5/c1-14-7-4-3-6(5-11)8(10(12)13)9(7)15-2/h3-4,11H,5H2,1-2H3,(H,12,13). The summed E-state index contributed by atoms with van der Waals surface area (Å²) in [6, 6.07) is 3.04. The van der Waals surface area contributed by atoms with Crippen LogP contribution in [0.1, 0.15) is 15.9 Å². The van der Waals surface area contributed by atoms with Crippen molar-refractivity contribution in [1.29, 1.82) is 0 Å². The molecule has 0 aliphatic heterocycles. The molecule has 0 amide bonds. The zero-order chi connectivity index (χ0) is 11.4. The van der Waals surface area contributed by atoms with Crippen molar-refractivity contribution < 1.29 is 24.5 Å². The summed E-state index contributed by atoms with van der Waals surface area (Å²) in [6.07, 6.45) is 0. The molecule has 0 heterocycles. The highest BCUT2D eigenvalue weighted by Gasteiger charge is 2.19. The molecule has 0 saturated heterocycles. The van der Waals surface area contributed by atoms with Gasteiger partial charge >= 0.3 is 5.97 Å². The lowest BCUT2D eigenvalue weighted by molar-refractivity contribution is 0.0689. The van der Waals surface area contributed by atoms with Crippen molar-refractivity contribution in [3.05, 3.63) is 23.3 Å². The summed E-state index contributed by atoms with van der Waals surface area (Å²) in [5.41, 5.74) is 0.222. The van der Waals surface area contributed by atoms with Gasteiger partial charge in [-0.1, -0.05) is 6.07 Å². The van der Waals surface area contributed by atoms with E-state index in [-0.39, 0.29) is 17.9 Å². The van der Waals surface area contributed by atoms with Crippen LogP contribution in [0.3, 0.4) is 0 Å². The Labute approximate surface area is 86.9 Å². The molecule has 0 unspecified atom stereocenters. The Balaban J connectivity index is 3.44. The molecule has 15 heavy (non-hydrogen) atoms. The van der Waals surface area contributed by atoms with Crippen LogP contribution >= 0.6 is 0 Å². The number of carbonyl (C=O) groups is 1. The molecule has 0 aliphatic carbocycles. The second-order valence-corrected chi connectivity index (χ2v) is 2.80. The monoisotopic (exact) mass is 212 g/mol. The number of carboxylic acid groups (broad SMARTS) is 1. The van der Waals surface area contributed by atoms with Gasteiger partial charge in [0.15, 0.2) is 11.5 Å². The van der Waals surface area contributed by atoms with Crippen LogP contribution in [0.5, 0.6) is 11.5 Å². The van der Waals surface area contributed by atoms with Crippen LogP contribution < -0.4 is 9.47 Å². The van der Waals surface area contributed by atoms with E-state index in [2.05, 4.69) is 0 Å². The second kappa shape index (κ2) is 4.65. The molecule has 2 N–H and O–H groups in total. The largest absolute Gasteiger partial charge is 0.493 e. The lowest BCUT2D eigenvalue weighted by Gasteiger charge is -2.12. The number of aliphatic hydroxyl groups is 1. The molecule has 0 spiro atoms. The molecule has 0 radical (unpaired) electrons. The third-order valence-corrected chi connectivity index (χ3v) is 2.02. The summed E-state index contributed by atoms with van der Waals surface area (Å²) in [4.78, 5) is 11.0. The Morgan fingerprint density at radius 3 is 2.40 bits per heavy atom.